The standard InChI is InChI=1S/C35H36FN5O3/c1-4-19-44-32-22-27(34(43)40(5-2)6-3)13-17-31(32)37-35-38-33-18-14-28(23-41(33)39-35)26-11-7-24(8-12-26)20-30(42)21-25-9-15-29(36)16-10-25/h7-18,22-23H,4-6,19-21H2,1-3H3,(H,37,39). The SMILES string of the molecule is CCCOc1cc(C(=O)N(CC)CC)ccc1Nc1nc2ccc(-c3ccc(CC(=O)Cc4ccc(F)cc4)cc3)cn2n1. The summed E-state index contributed by atoms with van der Waals surface area (Å²) >= 11 is 0. The van der Waals surface area contributed by atoms with Gasteiger partial charge in [0.15, 0.2) is 5.65 Å². The number of halogens is 1. The van der Waals surface area contributed by atoms with Crippen LogP contribution in [0.4, 0.5) is 16.0 Å². The Hall–Kier alpha value is -5.05. The van der Waals surface area contributed by atoms with Gasteiger partial charge in [0, 0.05) is 43.3 Å². The van der Waals surface area contributed by atoms with Crippen LogP contribution in [0.2, 0.25) is 0 Å². The predicted molar refractivity (Wildman–Crippen MR) is 170 cm³/mol. The summed E-state index contributed by atoms with van der Waals surface area (Å²) in [5, 5.41) is 7.88. The van der Waals surface area contributed by atoms with Gasteiger partial charge in [0.25, 0.3) is 5.91 Å². The Kier molecular flexibility index (Phi) is 9.64. The molecule has 0 bridgehead atoms. The highest BCUT2D eigenvalue weighted by Gasteiger charge is 2.17. The predicted octanol–water partition coefficient (Wildman–Crippen LogP) is 6.90. The number of ketones is 1. The van der Waals surface area contributed by atoms with E-state index >= 15 is 0 Å². The van der Waals surface area contributed by atoms with Crippen LogP contribution in [0.1, 0.15) is 48.7 Å². The number of nitrogens with zero attached hydrogens (tertiary/aromatic N) is 4. The van der Waals surface area contributed by atoms with Crippen molar-refractivity contribution in [2.75, 3.05) is 25.0 Å². The van der Waals surface area contributed by atoms with Crippen LogP contribution < -0.4 is 10.1 Å². The molecule has 3 aromatic carbocycles. The molecule has 1 amide bonds. The lowest BCUT2D eigenvalue weighted by atomic mass is 10.0. The van der Waals surface area contributed by atoms with E-state index in [-0.39, 0.29) is 23.9 Å². The third kappa shape index (κ3) is 7.29. The Bertz CT molecular complexity index is 1750. The maximum Gasteiger partial charge on any atom is 0.253 e. The summed E-state index contributed by atoms with van der Waals surface area (Å²) in [7, 11) is 0. The highest BCUT2D eigenvalue weighted by molar-refractivity contribution is 5.95. The minimum Gasteiger partial charge on any atom is -0.491 e. The minimum absolute atomic E-state index is 0.0362. The quantitative estimate of drug-likeness (QED) is 0.160. The Balaban J connectivity index is 1.29. The summed E-state index contributed by atoms with van der Waals surface area (Å²) in [6.45, 7) is 7.74. The monoisotopic (exact) mass is 593 g/mol. The summed E-state index contributed by atoms with van der Waals surface area (Å²) in [6.07, 6.45) is 3.31. The van der Waals surface area contributed by atoms with Crippen molar-refractivity contribution in [1.82, 2.24) is 19.5 Å². The van der Waals surface area contributed by atoms with E-state index in [1.165, 1.54) is 12.1 Å². The number of Topliss-reactive ketones (excluding diaryl/α,β-unsaturated/α-hetero) is 1. The van der Waals surface area contributed by atoms with Crippen LogP contribution in [-0.4, -0.2) is 50.9 Å². The summed E-state index contributed by atoms with van der Waals surface area (Å²) < 4.78 is 20.8. The van der Waals surface area contributed by atoms with Crippen LogP contribution in [0.25, 0.3) is 16.8 Å². The summed E-state index contributed by atoms with van der Waals surface area (Å²) in [5.41, 5.74) is 5.56. The molecule has 0 spiro atoms. The molecule has 9 heteroatoms. The first-order valence-corrected chi connectivity index (χ1v) is 14.9. The fourth-order valence-electron chi connectivity index (χ4n) is 4.95. The molecule has 0 unspecified atom stereocenters. The molecule has 0 saturated heterocycles. The third-order valence-corrected chi connectivity index (χ3v) is 7.32. The van der Waals surface area contributed by atoms with E-state index in [0.717, 1.165) is 28.7 Å². The number of benzene rings is 3. The second-order valence-electron chi connectivity index (χ2n) is 10.5. The van der Waals surface area contributed by atoms with Gasteiger partial charge in [0.2, 0.25) is 5.95 Å². The summed E-state index contributed by atoms with van der Waals surface area (Å²) in [5.74, 6) is 0.698. The van der Waals surface area contributed by atoms with E-state index in [0.29, 0.717) is 54.7 Å². The number of pyridine rings is 1. The molecule has 5 aromatic rings. The lowest BCUT2D eigenvalue weighted by Crippen LogP contribution is -2.30. The van der Waals surface area contributed by atoms with Gasteiger partial charge in [-0.2, -0.15) is 4.98 Å². The van der Waals surface area contributed by atoms with Crippen LogP contribution in [0.5, 0.6) is 5.75 Å². The lowest BCUT2D eigenvalue weighted by molar-refractivity contribution is -0.117. The van der Waals surface area contributed by atoms with Crippen molar-refractivity contribution in [2.45, 2.75) is 40.0 Å². The third-order valence-electron chi connectivity index (χ3n) is 7.32. The smallest absolute Gasteiger partial charge is 0.253 e. The number of hydrogen-bond acceptors (Lipinski definition) is 6. The average Bonchev–Trinajstić information content (AvgIpc) is 3.44. The number of aromatic nitrogens is 3. The summed E-state index contributed by atoms with van der Waals surface area (Å²) in [6, 6.07) is 23.1. The average molecular weight is 594 g/mol. The normalized spacial score (nSPS) is 11.0. The molecular formula is C35H36FN5O3. The Labute approximate surface area is 256 Å². The molecule has 0 atom stereocenters. The fourth-order valence-corrected chi connectivity index (χ4v) is 4.95. The number of amides is 1. The molecule has 226 valence electrons. The zero-order chi connectivity index (χ0) is 31.1. The zero-order valence-electron chi connectivity index (χ0n) is 25.2. The van der Waals surface area contributed by atoms with E-state index < -0.39 is 0 Å². The van der Waals surface area contributed by atoms with Gasteiger partial charge in [-0.1, -0.05) is 43.3 Å². The second-order valence-corrected chi connectivity index (χ2v) is 10.5. The number of fused-ring (bicyclic) bond motifs is 1. The van der Waals surface area contributed by atoms with Crippen molar-refractivity contribution in [3.63, 3.8) is 0 Å². The van der Waals surface area contributed by atoms with E-state index in [2.05, 4.69) is 15.4 Å². The van der Waals surface area contributed by atoms with Crippen LogP contribution >= 0.6 is 0 Å². The van der Waals surface area contributed by atoms with Gasteiger partial charge in [0.1, 0.15) is 17.3 Å². The van der Waals surface area contributed by atoms with E-state index in [9.17, 15) is 14.0 Å². The Morgan fingerprint density at radius 2 is 1.52 bits per heavy atom. The highest BCUT2D eigenvalue weighted by Crippen LogP contribution is 2.29. The van der Waals surface area contributed by atoms with Gasteiger partial charge in [-0.05, 0) is 79.4 Å². The number of rotatable bonds is 13. The van der Waals surface area contributed by atoms with Crippen molar-refractivity contribution < 1.29 is 18.7 Å². The van der Waals surface area contributed by atoms with Gasteiger partial charge < -0.3 is 15.0 Å². The van der Waals surface area contributed by atoms with Crippen molar-refractivity contribution in [1.29, 1.82) is 0 Å². The maximum atomic E-state index is 13.1. The van der Waals surface area contributed by atoms with Crippen molar-refractivity contribution in [2.24, 2.45) is 0 Å². The summed E-state index contributed by atoms with van der Waals surface area (Å²) in [4.78, 5) is 31.8. The molecule has 0 aliphatic carbocycles. The van der Waals surface area contributed by atoms with E-state index in [1.54, 1.807) is 33.7 Å². The maximum absolute atomic E-state index is 13.1. The van der Waals surface area contributed by atoms with Crippen molar-refractivity contribution in [3.8, 4) is 16.9 Å². The molecule has 0 fully saturated rings. The molecule has 8 nitrogen and oxygen atoms in total. The molecule has 2 aromatic heterocycles. The minimum atomic E-state index is -0.311. The van der Waals surface area contributed by atoms with E-state index in [4.69, 9.17) is 4.74 Å². The number of nitrogens with one attached hydrogen (secondary N) is 1. The lowest BCUT2D eigenvalue weighted by Gasteiger charge is -2.20. The van der Waals surface area contributed by atoms with Crippen LogP contribution in [0.3, 0.4) is 0 Å². The molecular weight excluding hydrogens is 557 g/mol. The molecule has 2 heterocycles. The zero-order valence-corrected chi connectivity index (χ0v) is 25.2. The number of carbonyl (C=O) groups excluding carboxylic acids is 2. The number of carbonyl (C=O) groups is 2. The molecule has 5 rings (SSSR count). The molecule has 44 heavy (non-hydrogen) atoms. The first kappa shape index (κ1) is 30.4. The molecule has 0 saturated carbocycles. The highest BCUT2D eigenvalue weighted by atomic mass is 19.1. The number of anilines is 2. The van der Waals surface area contributed by atoms with Crippen LogP contribution in [0, 0.1) is 5.82 Å². The molecule has 1 N–H and O–H groups in total. The largest absolute Gasteiger partial charge is 0.491 e. The van der Waals surface area contributed by atoms with Crippen LogP contribution in [0.15, 0.2) is 85.1 Å². The van der Waals surface area contributed by atoms with Gasteiger partial charge in [-0.15, -0.1) is 5.10 Å². The van der Waals surface area contributed by atoms with Crippen molar-refractivity contribution >= 4 is 29.0 Å². The first-order valence-electron chi connectivity index (χ1n) is 14.9. The van der Waals surface area contributed by atoms with Gasteiger partial charge >= 0.3 is 0 Å². The fraction of sp³-hybridized carbons (Fsp3) is 0.257. The molecule has 0 aliphatic rings. The van der Waals surface area contributed by atoms with Crippen LogP contribution in [-0.2, 0) is 17.6 Å². The molecule has 0 aliphatic heterocycles. The topological polar surface area (TPSA) is 88.8 Å². The van der Waals surface area contributed by atoms with Gasteiger partial charge in [0.05, 0.1) is 12.3 Å². The second kappa shape index (κ2) is 13.9. The number of ether oxygens (including phenoxy) is 1. The molecule has 0 radical (unpaired) electrons. The van der Waals surface area contributed by atoms with Crippen molar-refractivity contribution in [3.05, 3.63) is 108 Å². The first-order chi connectivity index (χ1) is 21.4. The Morgan fingerprint density at radius 1 is 0.864 bits per heavy atom. The number of hydrogen-bond donors (Lipinski definition) is 1. The Morgan fingerprint density at radius 3 is 2.18 bits per heavy atom. The van der Waals surface area contributed by atoms with Gasteiger partial charge in [-0.25, -0.2) is 8.91 Å². The van der Waals surface area contributed by atoms with Gasteiger partial charge in [-0.3, -0.25) is 9.59 Å². The van der Waals surface area contributed by atoms with E-state index in [1.807, 2.05) is 69.4 Å².